The summed E-state index contributed by atoms with van der Waals surface area (Å²) < 4.78 is 19.2. The van der Waals surface area contributed by atoms with Crippen LogP contribution in [0.25, 0.3) is 10.9 Å². The van der Waals surface area contributed by atoms with Crippen molar-refractivity contribution in [3.05, 3.63) is 47.5 Å². The molecule has 0 unspecified atom stereocenters. The molecular formula is C19H21ClFN4OP. The summed E-state index contributed by atoms with van der Waals surface area (Å²) in [5.41, 5.74) is 8.01. The fourth-order valence-electron chi connectivity index (χ4n) is 2.60. The lowest BCUT2D eigenvalue weighted by atomic mass is 10.2. The molecular weight excluding hydrogens is 386 g/mol. The van der Waals surface area contributed by atoms with Gasteiger partial charge in [0.05, 0.1) is 22.8 Å². The molecule has 0 saturated heterocycles. The van der Waals surface area contributed by atoms with E-state index in [4.69, 9.17) is 22.1 Å². The molecule has 0 aliphatic carbocycles. The number of anilines is 3. The van der Waals surface area contributed by atoms with Gasteiger partial charge in [0.2, 0.25) is 0 Å². The maximum atomic E-state index is 13.3. The van der Waals surface area contributed by atoms with Crippen LogP contribution in [0.5, 0.6) is 5.75 Å². The van der Waals surface area contributed by atoms with Crippen LogP contribution in [-0.4, -0.2) is 36.1 Å². The van der Waals surface area contributed by atoms with Gasteiger partial charge >= 0.3 is 0 Å². The van der Waals surface area contributed by atoms with E-state index in [2.05, 4.69) is 28.6 Å². The first kappa shape index (κ1) is 19.6. The van der Waals surface area contributed by atoms with Gasteiger partial charge < -0.3 is 15.8 Å². The van der Waals surface area contributed by atoms with E-state index in [1.165, 1.54) is 24.6 Å². The van der Waals surface area contributed by atoms with Gasteiger partial charge in [-0.25, -0.2) is 14.4 Å². The van der Waals surface area contributed by atoms with Crippen molar-refractivity contribution in [3.63, 3.8) is 0 Å². The van der Waals surface area contributed by atoms with Gasteiger partial charge in [-0.2, -0.15) is 0 Å². The number of halogens is 2. The van der Waals surface area contributed by atoms with E-state index in [0.717, 1.165) is 11.8 Å². The minimum absolute atomic E-state index is 0.0383. The number of ether oxygens (including phenoxy) is 1. The van der Waals surface area contributed by atoms with Gasteiger partial charge in [-0.1, -0.05) is 11.6 Å². The molecule has 0 atom stereocenters. The molecule has 0 amide bonds. The number of nitrogens with two attached hydrogens (primary N) is 1. The van der Waals surface area contributed by atoms with E-state index in [-0.39, 0.29) is 12.9 Å². The molecule has 27 heavy (non-hydrogen) atoms. The zero-order valence-corrected chi connectivity index (χ0v) is 16.8. The minimum Gasteiger partial charge on any atom is -0.491 e. The van der Waals surface area contributed by atoms with Gasteiger partial charge in [-0.3, -0.25) is 0 Å². The first-order valence-electron chi connectivity index (χ1n) is 8.48. The third kappa shape index (κ3) is 4.96. The fraction of sp³-hybridized carbons (Fsp3) is 0.263. The number of nitrogen functional groups attached to an aromatic ring is 1. The number of hydrogen-bond acceptors (Lipinski definition) is 5. The smallest absolute Gasteiger partial charge is 0.144 e. The molecule has 1 heterocycles. The zero-order chi connectivity index (χ0) is 19.4. The summed E-state index contributed by atoms with van der Waals surface area (Å²) in [4.78, 5) is 8.57. The summed E-state index contributed by atoms with van der Waals surface area (Å²) in [5, 5.41) is 3.91. The number of fused-ring (bicyclic) bond motifs is 1. The Kier molecular flexibility index (Phi) is 6.30. The van der Waals surface area contributed by atoms with E-state index >= 15 is 0 Å². The average Bonchev–Trinajstić information content (AvgIpc) is 2.62. The Balaban J connectivity index is 1.83. The van der Waals surface area contributed by atoms with Crippen molar-refractivity contribution in [2.75, 3.05) is 37.1 Å². The number of nitrogens with one attached hydrogen (secondary N) is 1. The highest BCUT2D eigenvalue weighted by atomic mass is 35.5. The quantitative estimate of drug-likeness (QED) is 0.318. The Labute approximate surface area is 163 Å². The van der Waals surface area contributed by atoms with Crippen LogP contribution >= 0.6 is 19.5 Å². The van der Waals surface area contributed by atoms with Gasteiger partial charge in [0, 0.05) is 17.1 Å². The van der Waals surface area contributed by atoms with Crippen LogP contribution in [-0.2, 0) is 0 Å². The molecule has 0 bridgehead atoms. The Morgan fingerprint density at radius 3 is 2.78 bits per heavy atom. The van der Waals surface area contributed by atoms with Crippen LogP contribution in [0.4, 0.5) is 21.6 Å². The summed E-state index contributed by atoms with van der Waals surface area (Å²) in [6.45, 7) is 5.12. The number of hydrogen-bond donors (Lipinski definition) is 2. The first-order chi connectivity index (χ1) is 12.9. The van der Waals surface area contributed by atoms with Crippen molar-refractivity contribution in [2.45, 2.75) is 6.42 Å². The van der Waals surface area contributed by atoms with Crippen molar-refractivity contribution in [3.8, 4) is 5.75 Å². The molecule has 0 aliphatic heterocycles. The Morgan fingerprint density at radius 1 is 1.22 bits per heavy atom. The van der Waals surface area contributed by atoms with Crippen molar-refractivity contribution in [1.82, 2.24) is 9.97 Å². The summed E-state index contributed by atoms with van der Waals surface area (Å²) in [6.07, 6.45) is 3.62. The van der Waals surface area contributed by atoms with Crippen LogP contribution in [0.2, 0.25) is 5.02 Å². The number of aromatic nitrogens is 2. The van der Waals surface area contributed by atoms with E-state index in [1.807, 2.05) is 6.07 Å². The van der Waals surface area contributed by atoms with Crippen LogP contribution in [0.15, 0.2) is 36.7 Å². The van der Waals surface area contributed by atoms with Crippen molar-refractivity contribution >= 4 is 47.6 Å². The monoisotopic (exact) mass is 406 g/mol. The largest absolute Gasteiger partial charge is 0.491 e. The molecule has 0 fully saturated rings. The lowest BCUT2D eigenvalue weighted by Gasteiger charge is -2.13. The number of nitrogens with zero attached hydrogens (tertiary/aromatic N) is 2. The predicted molar refractivity (Wildman–Crippen MR) is 112 cm³/mol. The Morgan fingerprint density at radius 2 is 2.04 bits per heavy atom. The van der Waals surface area contributed by atoms with E-state index in [9.17, 15) is 4.39 Å². The topological polar surface area (TPSA) is 73.1 Å². The van der Waals surface area contributed by atoms with Crippen LogP contribution in [0, 0.1) is 5.82 Å². The molecule has 3 N–H and O–H groups in total. The molecule has 3 rings (SSSR count). The molecule has 142 valence electrons. The van der Waals surface area contributed by atoms with Crippen molar-refractivity contribution in [1.29, 1.82) is 0 Å². The number of rotatable bonds is 7. The third-order valence-corrected chi connectivity index (χ3v) is 5.46. The molecule has 0 aliphatic rings. The first-order valence-corrected chi connectivity index (χ1v) is 11.3. The fourth-order valence-corrected chi connectivity index (χ4v) is 3.54. The standard InChI is InChI=1S/C19H21ClFN4OP/c1-27(2)7-3-6-26-18-10-17-13(9-16(18)22)19(24-11-23-17)25-12-4-5-15(21)14(20)8-12/h4-5,8-11H,3,6-7,22H2,1-2H3,(H,23,24,25). The van der Waals surface area contributed by atoms with Gasteiger partial charge in [0.15, 0.2) is 0 Å². The summed E-state index contributed by atoms with van der Waals surface area (Å²) in [7, 11) is 0.0768. The summed E-state index contributed by atoms with van der Waals surface area (Å²) >= 11 is 5.84. The summed E-state index contributed by atoms with van der Waals surface area (Å²) in [6, 6.07) is 7.99. The molecule has 0 spiro atoms. The van der Waals surface area contributed by atoms with E-state index < -0.39 is 5.82 Å². The molecule has 2 aromatic carbocycles. The number of benzene rings is 2. The molecule has 0 radical (unpaired) electrons. The minimum atomic E-state index is -0.473. The Bertz CT molecular complexity index is 954. The van der Waals surface area contributed by atoms with Gasteiger partial charge in [0.1, 0.15) is 23.7 Å². The SMILES string of the molecule is CP(C)CCCOc1cc2ncnc(Nc3ccc(F)c(Cl)c3)c2cc1N. The van der Waals surface area contributed by atoms with E-state index in [1.54, 1.807) is 12.1 Å². The lowest BCUT2D eigenvalue weighted by Crippen LogP contribution is -2.03. The second-order valence-electron chi connectivity index (χ2n) is 6.39. The maximum Gasteiger partial charge on any atom is 0.144 e. The maximum absolute atomic E-state index is 13.3. The van der Waals surface area contributed by atoms with Crippen LogP contribution in [0.3, 0.4) is 0 Å². The highest BCUT2D eigenvalue weighted by Gasteiger charge is 2.10. The van der Waals surface area contributed by atoms with Crippen LogP contribution in [0.1, 0.15) is 6.42 Å². The highest BCUT2D eigenvalue weighted by molar-refractivity contribution is 7.55. The lowest BCUT2D eigenvalue weighted by molar-refractivity contribution is 0.320. The normalized spacial score (nSPS) is 11.1. The summed E-state index contributed by atoms with van der Waals surface area (Å²) in [5.74, 6) is 0.705. The second-order valence-corrected chi connectivity index (χ2v) is 9.40. The second kappa shape index (κ2) is 8.68. The average molecular weight is 407 g/mol. The Hall–Kier alpha value is -2.17. The van der Waals surface area contributed by atoms with Gasteiger partial charge in [0.25, 0.3) is 0 Å². The highest BCUT2D eigenvalue weighted by Crippen LogP contribution is 2.32. The molecule has 8 heteroatoms. The van der Waals surface area contributed by atoms with Gasteiger partial charge in [-0.05, 0) is 50.2 Å². The molecule has 5 nitrogen and oxygen atoms in total. The van der Waals surface area contributed by atoms with Gasteiger partial charge in [-0.15, -0.1) is 7.92 Å². The van der Waals surface area contributed by atoms with Crippen molar-refractivity contribution < 1.29 is 9.13 Å². The van der Waals surface area contributed by atoms with Crippen LogP contribution < -0.4 is 15.8 Å². The predicted octanol–water partition coefficient (Wildman–Crippen LogP) is 5.26. The third-order valence-electron chi connectivity index (χ3n) is 3.96. The molecule has 3 aromatic rings. The van der Waals surface area contributed by atoms with Crippen molar-refractivity contribution in [2.24, 2.45) is 0 Å². The van der Waals surface area contributed by atoms with E-state index in [0.29, 0.717) is 35.1 Å². The zero-order valence-electron chi connectivity index (χ0n) is 15.2. The molecule has 0 saturated carbocycles. The molecule has 1 aromatic heterocycles.